The molecule has 3 heteroatoms. The van der Waals surface area contributed by atoms with Gasteiger partial charge in [-0.15, -0.1) is 11.3 Å². The van der Waals surface area contributed by atoms with Gasteiger partial charge in [0.1, 0.15) is 0 Å². The number of rotatable bonds is 7. The van der Waals surface area contributed by atoms with Crippen molar-refractivity contribution in [3.8, 4) is 0 Å². The molecule has 2 nitrogen and oxygen atoms in total. The molecule has 0 aliphatic rings. The normalized spacial score (nSPS) is 15.3. The van der Waals surface area contributed by atoms with Crippen LogP contribution in [0.3, 0.4) is 0 Å². The van der Waals surface area contributed by atoms with Crippen molar-refractivity contribution in [3.05, 3.63) is 16.6 Å². The summed E-state index contributed by atoms with van der Waals surface area (Å²) in [7, 11) is 0. The fourth-order valence-electron chi connectivity index (χ4n) is 1.71. The first-order chi connectivity index (χ1) is 7.58. The highest BCUT2D eigenvalue weighted by atomic mass is 32.1. The molecule has 1 aromatic heterocycles. The molecule has 92 valence electrons. The molecule has 0 spiro atoms. The van der Waals surface area contributed by atoms with Crippen molar-refractivity contribution in [2.75, 3.05) is 13.1 Å². The minimum atomic E-state index is 0.313. The summed E-state index contributed by atoms with van der Waals surface area (Å²) in [5, 5.41) is 6.87. The van der Waals surface area contributed by atoms with E-state index in [4.69, 9.17) is 0 Å². The summed E-state index contributed by atoms with van der Waals surface area (Å²) in [6, 6.07) is 0. The SMILES string of the molecule is CCCNCC(C)(Cc1nccs1)C(C)C. The second-order valence-electron chi connectivity index (χ2n) is 5.09. The molecule has 0 bridgehead atoms. The summed E-state index contributed by atoms with van der Waals surface area (Å²) in [5.41, 5.74) is 0.313. The van der Waals surface area contributed by atoms with E-state index < -0.39 is 0 Å². The zero-order chi connectivity index (χ0) is 12.0. The number of thiazole rings is 1. The maximum atomic E-state index is 4.40. The average Bonchev–Trinajstić information content (AvgIpc) is 2.70. The van der Waals surface area contributed by atoms with Crippen LogP contribution >= 0.6 is 11.3 Å². The van der Waals surface area contributed by atoms with Gasteiger partial charge < -0.3 is 5.32 Å². The van der Waals surface area contributed by atoms with Crippen molar-refractivity contribution in [2.45, 2.75) is 40.5 Å². The van der Waals surface area contributed by atoms with Crippen LogP contribution in [0.5, 0.6) is 0 Å². The molecule has 1 N–H and O–H groups in total. The Labute approximate surface area is 103 Å². The summed E-state index contributed by atoms with van der Waals surface area (Å²) < 4.78 is 0. The van der Waals surface area contributed by atoms with Gasteiger partial charge in [0, 0.05) is 24.5 Å². The number of aromatic nitrogens is 1. The third-order valence-corrected chi connectivity index (χ3v) is 4.17. The van der Waals surface area contributed by atoms with Gasteiger partial charge in [-0.3, -0.25) is 0 Å². The minimum absolute atomic E-state index is 0.313. The highest BCUT2D eigenvalue weighted by Crippen LogP contribution is 2.31. The standard InChI is InChI=1S/C13H24N2S/c1-5-6-14-10-13(4,11(2)3)9-12-15-7-8-16-12/h7-8,11,14H,5-6,9-10H2,1-4H3. The van der Waals surface area contributed by atoms with Crippen LogP contribution in [0.15, 0.2) is 11.6 Å². The van der Waals surface area contributed by atoms with Crippen LogP contribution in [-0.4, -0.2) is 18.1 Å². The molecule has 1 rings (SSSR count). The molecular weight excluding hydrogens is 216 g/mol. The molecule has 1 aromatic rings. The van der Waals surface area contributed by atoms with E-state index >= 15 is 0 Å². The average molecular weight is 240 g/mol. The molecule has 1 unspecified atom stereocenters. The third-order valence-electron chi connectivity index (χ3n) is 3.39. The van der Waals surface area contributed by atoms with E-state index in [0.717, 1.165) is 19.5 Å². The molecule has 0 aliphatic heterocycles. The second-order valence-corrected chi connectivity index (χ2v) is 6.07. The number of hydrogen-bond acceptors (Lipinski definition) is 3. The molecule has 0 amide bonds. The third kappa shape index (κ3) is 3.87. The van der Waals surface area contributed by atoms with E-state index in [-0.39, 0.29) is 0 Å². The van der Waals surface area contributed by atoms with Crippen molar-refractivity contribution in [2.24, 2.45) is 11.3 Å². The van der Waals surface area contributed by atoms with Crippen LogP contribution in [0.1, 0.15) is 39.1 Å². The van der Waals surface area contributed by atoms with Gasteiger partial charge >= 0.3 is 0 Å². The van der Waals surface area contributed by atoms with E-state index in [1.807, 2.05) is 6.20 Å². The van der Waals surface area contributed by atoms with Crippen LogP contribution in [0.4, 0.5) is 0 Å². The Morgan fingerprint density at radius 2 is 2.25 bits per heavy atom. The monoisotopic (exact) mass is 240 g/mol. The lowest BCUT2D eigenvalue weighted by molar-refractivity contribution is 0.207. The van der Waals surface area contributed by atoms with Crippen LogP contribution in [0.2, 0.25) is 0 Å². The van der Waals surface area contributed by atoms with Gasteiger partial charge in [0.15, 0.2) is 0 Å². The quantitative estimate of drug-likeness (QED) is 0.739. The highest BCUT2D eigenvalue weighted by molar-refractivity contribution is 7.09. The molecule has 1 heterocycles. The van der Waals surface area contributed by atoms with Crippen LogP contribution < -0.4 is 5.32 Å². The second kappa shape index (κ2) is 6.36. The predicted octanol–water partition coefficient (Wildman–Crippen LogP) is 3.35. The molecule has 16 heavy (non-hydrogen) atoms. The maximum Gasteiger partial charge on any atom is 0.0930 e. The van der Waals surface area contributed by atoms with Crippen molar-refractivity contribution >= 4 is 11.3 Å². The molecule has 0 aliphatic carbocycles. The topological polar surface area (TPSA) is 24.9 Å². The fourth-order valence-corrected chi connectivity index (χ4v) is 2.52. The van der Waals surface area contributed by atoms with E-state index in [1.165, 1.54) is 11.4 Å². The Kier molecular flexibility index (Phi) is 5.42. The van der Waals surface area contributed by atoms with Crippen molar-refractivity contribution in [1.82, 2.24) is 10.3 Å². The highest BCUT2D eigenvalue weighted by Gasteiger charge is 2.29. The first-order valence-corrected chi connectivity index (χ1v) is 7.05. The van der Waals surface area contributed by atoms with E-state index in [2.05, 4.69) is 43.4 Å². The number of nitrogens with one attached hydrogen (secondary N) is 1. The number of nitrogens with zero attached hydrogens (tertiary/aromatic N) is 1. The maximum absolute atomic E-state index is 4.40. The van der Waals surface area contributed by atoms with Gasteiger partial charge in [0.05, 0.1) is 5.01 Å². The lowest BCUT2D eigenvalue weighted by Crippen LogP contribution is -2.38. The van der Waals surface area contributed by atoms with Gasteiger partial charge in [0.25, 0.3) is 0 Å². The van der Waals surface area contributed by atoms with Gasteiger partial charge in [-0.05, 0) is 24.3 Å². The molecule has 0 radical (unpaired) electrons. The Morgan fingerprint density at radius 3 is 2.75 bits per heavy atom. The molecule has 0 saturated heterocycles. The zero-order valence-corrected chi connectivity index (χ0v) is 11.7. The molecular formula is C13H24N2S. The Balaban J connectivity index is 2.57. The van der Waals surface area contributed by atoms with Gasteiger partial charge in [-0.1, -0.05) is 27.7 Å². The summed E-state index contributed by atoms with van der Waals surface area (Å²) in [5.74, 6) is 0.667. The molecule has 1 atom stereocenters. The first-order valence-electron chi connectivity index (χ1n) is 6.17. The summed E-state index contributed by atoms with van der Waals surface area (Å²) in [6.45, 7) is 11.4. The van der Waals surface area contributed by atoms with Gasteiger partial charge in [-0.25, -0.2) is 4.98 Å². The van der Waals surface area contributed by atoms with E-state index in [0.29, 0.717) is 11.3 Å². The Morgan fingerprint density at radius 1 is 1.50 bits per heavy atom. The summed E-state index contributed by atoms with van der Waals surface area (Å²) in [4.78, 5) is 4.40. The minimum Gasteiger partial charge on any atom is -0.316 e. The van der Waals surface area contributed by atoms with Crippen molar-refractivity contribution in [1.29, 1.82) is 0 Å². The Hall–Kier alpha value is -0.410. The zero-order valence-electron chi connectivity index (χ0n) is 10.9. The predicted molar refractivity (Wildman–Crippen MR) is 71.9 cm³/mol. The van der Waals surface area contributed by atoms with Crippen molar-refractivity contribution < 1.29 is 0 Å². The van der Waals surface area contributed by atoms with Gasteiger partial charge in [-0.2, -0.15) is 0 Å². The van der Waals surface area contributed by atoms with Crippen LogP contribution in [-0.2, 0) is 6.42 Å². The smallest absolute Gasteiger partial charge is 0.0930 e. The summed E-state index contributed by atoms with van der Waals surface area (Å²) in [6.07, 6.45) is 4.19. The van der Waals surface area contributed by atoms with Crippen molar-refractivity contribution in [3.63, 3.8) is 0 Å². The fraction of sp³-hybridized carbons (Fsp3) is 0.769. The Bertz CT molecular complexity index is 282. The number of hydrogen-bond donors (Lipinski definition) is 1. The van der Waals surface area contributed by atoms with Crippen LogP contribution in [0.25, 0.3) is 0 Å². The largest absolute Gasteiger partial charge is 0.316 e. The lowest BCUT2D eigenvalue weighted by Gasteiger charge is -2.33. The van der Waals surface area contributed by atoms with E-state index in [9.17, 15) is 0 Å². The molecule has 0 saturated carbocycles. The molecule has 0 aromatic carbocycles. The van der Waals surface area contributed by atoms with Crippen LogP contribution in [0, 0.1) is 11.3 Å². The first kappa shape index (κ1) is 13.7. The van der Waals surface area contributed by atoms with E-state index in [1.54, 1.807) is 11.3 Å². The van der Waals surface area contributed by atoms with Gasteiger partial charge in [0.2, 0.25) is 0 Å². The summed E-state index contributed by atoms with van der Waals surface area (Å²) >= 11 is 1.77. The lowest BCUT2D eigenvalue weighted by atomic mass is 9.76. The molecule has 0 fully saturated rings.